The molecule has 0 aliphatic rings. The number of hydrogen-bond acceptors (Lipinski definition) is 2. The highest BCUT2D eigenvalue weighted by Gasteiger charge is 2.02. The molecule has 68 valence electrons. The van der Waals surface area contributed by atoms with Gasteiger partial charge in [0.25, 0.3) is 0 Å². The molecule has 0 bridgehead atoms. The van der Waals surface area contributed by atoms with Gasteiger partial charge < -0.3 is 5.73 Å². The van der Waals surface area contributed by atoms with E-state index in [1.54, 1.807) is 6.20 Å². The fourth-order valence-electron chi connectivity index (χ4n) is 0.884. The Morgan fingerprint density at radius 1 is 1.67 bits per heavy atom. The van der Waals surface area contributed by atoms with E-state index in [-0.39, 0.29) is 18.4 Å². The maximum Gasteiger partial charge on any atom is 0.106 e. The van der Waals surface area contributed by atoms with E-state index in [9.17, 15) is 0 Å². The Bertz CT molecular complexity index is 242. The Hall–Kier alpha value is -0.120. The monoisotopic (exact) mass is 250 g/mol. The maximum absolute atomic E-state index is 5.81. The predicted molar refractivity (Wildman–Crippen MR) is 56.4 cm³/mol. The van der Waals surface area contributed by atoms with Crippen LogP contribution in [0.25, 0.3) is 0 Å². The highest BCUT2D eigenvalue weighted by Crippen LogP contribution is 2.15. The maximum atomic E-state index is 5.81. The van der Waals surface area contributed by atoms with E-state index in [0.29, 0.717) is 0 Å². The average molecular weight is 252 g/mol. The lowest BCUT2D eigenvalue weighted by atomic mass is 10.1. The molecule has 1 rings (SSSR count). The van der Waals surface area contributed by atoms with Gasteiger partial charge in [-0.05, 0) is 40.0 Å². The molecule has 0 radical (unpaired) electrons. The van der Waals surface area contributed by atoms with Crippen molar-refractivity contribution >= 4 is 28.3 Å². The molecule has 2 N–H and O–H groups in total. The SMILES string of the molecule is CC[C@H](N)c1ccnc(Br)c1.Cl. The first kappa shape index (κ1) is 11.9. The fraction of sp³-hybridized carbons (Fsp3) is 0.375. The highest BCUT2D eigenvalue weighted by atomic mass is 79.9. The first-order chi connectivity index (χ1) is 5.24. The van der Waals surface area contributed by atoms with Crippen LogP contribution in [0, 0.1) is 0 Å². The summed E-state index contributed by atoms with van der Waals surface area (Å²) in [5, 5.41) is 0. The molecule has 1 aromatic heterocycles. The van der Waals surface area contributed by atoms with Crippen LogP contribution >= 0.6 is 28.3 Å². The molecule has 1 aromatic rings. The van der Waals surface area contributed by atoms with E-state index >= 15 is 0 Å². The third-order valence-electron chi connectivity index (χ3n) is 1.62. The smallest absolute Gasteiger partial charge is 0.106 e. The molecule has 1 atom stereocenters. The molecule has 0 aliphatic heterocycles. The van der Waals surface area contributed by atoms with E-state index in [1.807, 2.05) is 12.1 Å². The van der Waals surface area contributed by atoms with Gasteiger partial charge in [-0.25, -0.2) is 4.98 Å². The highest BCUT2D eigenvalue weighted by molar-refractivity contribution is 9.10. The number of hydrogen-bond donors (Lipinski definition) is 1. The van der Waals surface area contributed by atoms with E-state index in [0.717, 1.165) is 16.6 Å². The van der Waals surface area contributed by atoms with Crippen molar-refractivity contribution in [3.63, 3.8) is 0 Å². The van der Waals surface area contributed by atoms with Crippen LogP contribution in [0.3, 0.4) is 0 Å². The van der Waals surface area contributed by atoms with Crippen LogP contribution < -0.4 is 5.73 Å². The lowest BCUT2D eigenvalue weighted by Crippen LogP contribution is -2.08. The van der Waals surface area contributed by atoms with Gasteiger partial charge in [-0.3, -0.25) is 0 Å². The fourth-order valence-corrected chi connectivity index (χ4v) is 1.27. The summed E-state index contributed by atoms with van der Waals surface area (Å²) >= 11 is 3.29. The predicted octanol–water partition coefficient (Wildman–Crippen LogP) is 2.68. The molecule has 12 heavy (non-hydrogen) atoms. The number of pyridine rings is 1. The second-order valence-electron chi connectivity index (χ2n) is 2.43. The third-order valence-corrected chi connectivity index (χ3v) is 2.05. The normalized spacial score (nSPS) is 11.9. The quantitative estimate of drug-likeness (QED) is 0.821. The number of nitrogens with zero attached hydrogens (tertiary/aromatic N) is 1. The first-order valence-corrected chi connectivity index (χ1v) is 4.40. The largest absolute Gasteiger partial charge is 0.324 e. The average Bonchev–Trinajstić information content (AvgIpc) is 2.03. The summed E-state index contributed by atoms with van der Waals surface area (Å²) in [5.41, 5.74) is 6.95. The summed E-state index contributed by atoms with van der Waals surface area (Å²) < 4.78 is 0.846. The molecular formula is C8H12BrClN2. The van der Waals surface area contributed by atoms with Crippen LogP contribution in [-0.2, 0) is 0 Å². The molecule has 0 saturated heterocycles. The van der Waals surface area contributed by atoms with E-state index < -0.39 is 0 Å². The van der Waals surface area contributed by atoms with Crippen molar-refractivity contribution in [3.8, 4) is 0 Å². The number of halogens is 2. The van der Waals surface area contributed by atoms with E-state index in [2.05, 4.69) is 27.8 Å². The van der Waals surface area contributed by atoms with Crippen LogP contribution in [-0.4, -0.2) is 4.98 Å². The van der Waals surface area contributed by atoms with Gasteiger partial charge in [-0.1, -0.05) is 6.92 Å². The minimum absolute atomic E-state index is 0. The molecule has 1 heterocycles. The Morgan fingerprint density at radius 3 is 2.83 bits per heavy atom. The number of rotatable bonds is 2. The van der Waals surface area contributed by atoms with Gasteiger partial charge in [-0.15, -0.1) is 12.4 Å². The van der Waals surface area contributed by atoms with E-state index in [4.69, 9.17) is 5.73 Å². The molecule has 0 spiro atoms. The molecule has 0 amide bonds. The van der Waals surface area contributed by atoms with Crippen molar-refractivity contribution in [3.05, 3.63) is 28.5 Å². The first-order valence-electron chi connectivity index (χ1n) is 3.61. The topological polar surface area (TPSA) is 38.9 Å². The zero-order valence-electron chi connectivity index (χ0n) is 6.83. The molecule has 2 nitrogen and oxygen atoms in total. The summed E-state index contributed by atoms with van der Waals surface area (Å²) in [5.74, 6) is 0. The van der Waals surface area contributed by atoms with Crippen molar-refractivity contribution in [2.75, 3.05) is 0 Å². The lowest BCUT2D eigenvalue weighted by Gasteiger charge is -2.07. The number of nitrogens with two attached hydrogens (primary N) is 1. The standard InChI is InChI=1S/C8H11BrN2.ClH/c1-2-7(10)6-3-4-11-8(9)5-6;/h3-5,7H,2,10H2,1H3;1H/t7-;/m0./s1. The molecular weight excluding hydrogens is 239 g/mol. The van der Waals surface area contributed by atoms with Crippen LogP contribution in [0.5, 0.6) is 0 Å². The summed E-state index contributed by atoms with van der Waals surface area (Å²) in [6, 6.07) is 4.03. The summed E-state index contributed by atoms with van der Waals surface area (Å²) in [7, 11) is 0. The van der Waals surface area contributed by atoms with Crippen molar-refractivity contribution in [1.82, 2.24) is 4.98 Å². The van der Waals surface area contributed by atoms with Crippen LogP contribution in [0.2, 0.25) is 0 Å². The molecule has 0 unspecified atom stereocenters. The lowest BCUT2D eigenvalue weighted by molar-refractivity contribution is 0.696. The van der Waals surface area contributed by atoms with Gasteiger partial charge in [0.15, 0.2) is 0 Å². The van der Waals surface area contributed by atoms with Gasteiger partial charge in [-0.2, -0.15) is 0 Å². The van der Waals surface area contributed by atoms with Crippen LogP contribution in [0.4, 0.5) is 0 Å². The van der Waals surface area contributed by atoms with Gasteiger partial charge in [0.05, 0.1) is 0 Å². The van der Waals surface area contributed by atoms with Gasteiger partial charge in [0, 0.05) is 12.2 Å². The number of aromatic nitrogens is 1. The van der Waals surface area contributed by atoms with Gasteiger partial charge >= 0.3 is 0 Å². The Balaban J connectivity index is 0.00000121. The zero-order chi connectivity index (χ0) is 8.27. The molecule has 0 aromatic carbocycles. The summed E-state index contributed by atoms with van der Waals surface area (Å²) in [4.78, 5) is 4.02. The van der Waals surface area contributed by atoms with Gasteiger partial charge in [0.2, 0.25) is 0 Å². The molecule has 0 fully saturated rings. The van der Waals surface area contributed by atoms with Gasteiger partial charge in [0.1, 0.15) is 4.60 Å². The molecule has 4 heteroatoms. The van der Waals surface area contributed by atoms with Crippen molar-refractivity contribution < 1.29 is 0 Å². The second-order valence-corrected chi connectivity index (χ2v) is 3.24. The molecule has 0 saturated carbocycles. The van der Waals surface area contributed by atoms with Crippen molar-refractivity contribution in [2.24, 2.45) is 5.73 Å². The van der Waals surface area contributed by atoms with Crippen molar-refractivity contribution in [1.29, 1.82) is 0 Å². The summed E-state index contributed by atoms with van der Waals surface area (Å²) in [6.07, 6.45) is 2.71. The minimum Gasteiger partial charge on any atom is -0.324 e. The Labute approximate surface area is 87.1 Å². The third kappa shape index (κ3) is 3.09. The molecule has 0 aliphatic carbocycles. The zero-order valence-corrected chi connectivity index (χ0v) is 9.23. The van der Waals surface area contributed by atoms with Crippen molar-refractivity contribution in [2.45, 2.75) is 19.4 Å². The van der Waals surface area contributed by atoms with E-state index in [1.165, 1.54) is 0 Å². The van der Waals surface area contributed by atoms with Crippen LogP contribution in [0.15, 0.2) is 22.9 Å². The minimum atomic E-state index is 0. The Morgan fingerprint density at radius 2 is 2.33 bits per heavy atom. The Kier molecular flexibility index (Phi) is 5.46. The summed E-state index contributed by atoms with van der Waals surface area (Å²) in [6.45, 7) is 2.07. The van der Waals surface area contributed by atoms with Crippen LogP contribution in [0.1, 0.15) is 24.9 Å². The second kappa shape index (κ2) is 5.51.